The first kappa shape index (κ1) is 20.2. The lowest BCUT2D eigenvalue weighted by Crippen LogP contribution is -2.15. The highest BCUT2D eigenvalue weighted by atomic mass is 16.2. The zero-order chi connectivity index (χ0) is 19.8. The highest BCUT2D eigenvalue weighted by Gasteiger charge is 2.11. The number of benzene rings is 2. The van der Waals surface area contributed by atoms with Crippen molar-refractivity contribution in [2.75, 3.05) is 16.0 Å². The maximum absolute atomic E-state index is 12.6. The van der Waals surface area contributed by atoms with Gasteiger partial charge in [0.25, 0.3) is 5.91 Å². The van der Waals surface area contributed by atoms with E-state index in [0.717, 1.165) is 19.3 Å². The molecular formula is C21H25N3O3. The van der Waals surface area contributed by atoms with E-state index in [1.54, 1.807) is 18.2 Å². The number of rotatable bonds is 7. The zero-order valence-electron chi connectivity index (χ0n) is 15.9. The predicted octanol–water partition coefficient (Wildman–Crippen LogP) is 4.20. The van der Waals surface area contributed by atoms with Crippen LogP contribution in [0, 0.1) is 0 Å². The largest absolute Gasteiger partial charge is 0.326 e. The zero-order valence-corrected chi connectivity index (χ0v) is 15.9. The Balaban J connectivity index is 2.18. The summed E-state index contributed by atoms with van der Waals surface area (Å²) in [6.45, 7) is 4.91. The lowest BCUT2D eigenvalue weighted by Gasteiger charge is -2.11. The Hall–Kier alpha value is -3.15. The number of hydrogen-bond donors (Lipinski definition) is 3. The standard InChI is InChI=1S/C21H25N3O3/c1-4-5-6-16-7-9-18(10-8-16)24-21(27)17-11-19(22-14(2)25)13-20(12-17)23-15(3)26/h7-13H,4-6H2,1-3H3,(H,22,25)(H,23,26)(H,24,27). The van der Waals surface area contributed by atoms with Crippen LogP contribution in [0.2, 0.25) is 0 Å². The van der Waals surface area contributed by atoms with E-state index in [2.05, 4.69) is 22.9 Å². The van der Waals surface area contributed by atoms with Gasteiger partial charge in [0.1, 0.15) is 0 Å². The van der Waals surface area contributed by atoms with Gasteiger partial charge in [-0.25, -0.2) is 0 Å². The van der Waals surface area contributed by atoms with Crippen LogP contribution in [0.25, 0.3) is 0 Å². The maximum Gasteiger partial charge on any atom is 0.255 e. The number of unbranched alkanes of at least 4 members (excludes halogenated alkanes) is 1. The third kappa shape index (κ3) is 6.58. The Morgan fingerprint density at radius 2 is 1.33 bits per heavy atom. The Labute approximate surface area is 159 Å². The smallest absolute Gasteiger partial charge is 0.255 e. The van der Waals surface area contributed by atoms with E-state index in [9.17, 15) is 14.4 Å². The molecule has 6 nitrogen and oxygen atoms in total. The molecule has 0 saturated carbocycles. The molecule has 0 unspecified atom stereocenters. The molecule has 0 aliphatic rings. The topological polar surface area (TPSA) is 87.3 Å². The highest BCUT2D eigenvalue weighted by Crippen LogP contribution is 2.21. The SMILES string of the molecule is CCCCc1ccc(NC(=O)c2cc(NC(C)=O)cc(NC(C)=O)c2)cc1. The summed E-state index contributed by atoms with van der Waals surface area (Å²) in [6.07, 6.45) is 3.29. The first-order valence-electron chi connectivity index (χ1n) is 8.98. The van der Waals surface area contributed by atoms with Gasteiger partial charge in [-0.2, -0.15) is 0 Å². The van der Waals surface area contributed by atoms with Gasteiger partial charge in [-0.15, -0.1) is 0 Å². The molecule has 0 heterocycles. The van der Waals surface area contributed by atoms with Gasteiger partial charge in [0, 0.05) is 36.5 Å². The van der Waals surface area contributed by atoms with E-state index >= 15 is 0 Å². The van der Waals surface area contributed by atoms with Crippen molar-refractivity contribution in [3.63, 3.8) is 0 Å². The van der Waals surface area contributed by atoms with E-state index in [4.69, 9.17) is 0 Å². The second-order valence-electron chi connectivity index (χ2n) is 6.42. The summed E-state index contributed by atoms with van der Waals surface area (Å²) in [7, 11) is 0. The first-order chi connectivity index (χ1) is 12.9. The van der Waals surface area contributed by atoms with E-state index in [1.807, 2.05) is 24.3 Å². The summed E-state index contributed by atoms with van der Waals surface area (Å²) >= 11 is 0. The van der Waals surface area contributed by atoms with E-state index in [0.29, 0.717) is 22.6 Å². The lowest BCUT2D eigenvalue weighted by atomic mass is 10.1. The van der Waals surface area contributed by atoms with Gasteiger partial charge in [0.2, 0.25) is 11.8 Å². The summed E-state index contributed by atoms with van der Waals surface area (Å²) < 4.78 is 0. The number of hydrogen-bond acceptors (Lipinski definition) is 3. The molecule has 3 N–H and O–H groups in total. The second kappa shape index (κ2) is 9.52. The van der Waals surface area contributed by atoms with Crippen LogP contribution in [0.15, 0.2) is 42.5 Å². The summed E-state index contributed by atoms with van der Waals surface area (Å²) in [4.78, 5) is 35.3. The molecule has 0 aliphatic heterocycles. The van der Waals surface area contributed by atoms with Gasteiger partial charge in [-0.3, -0.25) is 14.4 Å². The Morgan fingerprint density at radius 3 is 1.81 bits per heavy atom. The van der Waals surface area contributed by atoms with Crippen molar-refractivity contribution in [2.24, 2.45) is 0 Å². The van der Waals surface area contributed by atoms with Crippen LogP contribution in [0.3, 0.4) is 0 Å². The molecular weight excluding hydrogens is 342 g/mol. The number of amides is 3. The van der Waals surface area contributed by atoms with Crippen LogP contribution in [-0.2, 0) is 16.0 Å². The van der Waals surface area contributed by atoms with Crippen molar-refractivity contribution >= 4 is 34.8 Å². The fourth-order valence-corrected chi connectivity index (χ4v) is 2.65. The van der Waals surface area contributed by atoms with Crippen molar-refractivity contribution in [3.05, 3.63) is 53.6 Å². The molecule has 0 aliphatic carbocycles. The van der Waals surface area contributed by atoms with Crippen molar-refractivity contribution in [2.45, 2.75) is 40.0 Å². The number of anilines is 3. The van der Waals surface area contributed by atoms with Gasteiger partial charge >= 0.3 is 0 Å². The molecule has 0 atom stereocenters. The fourth-order valence-electron chi connectivity index (χ4n) is 2.65. The molecule has 0 aromatic heterocycles. The molecule has 0 saturated heterocycles. The third-order valence-electron chi connectivity index (χ3n) is 3.87. The molecule has 0 bridgehead atoms. The minimum atomic E-state index is -0.324. The number of carbonyl (C=O) groups is 3. The van der Waals surface area contributed by atoms with Crippen LogP contribution in [0.5, 0.6) is 0 Å². The van der Waals surface area contributed by atoms with Crippen LogP contribution < -0.4 is 16.0 Å². The monoisotopic (exact) mass is 367 g/mol. The highest BCUT2D eigenvalue weighted by molar-refractivity contribution is 6.06. The molecule has 142 valence electrons. The normalized spacial score (nSPS) is 10.2. The Morgan fingerprint density at radius 1 is 0.778 bits per heavy atom. The van der Waals surface area contributed by atoms with Crippen LogP contribution in [0.4, 0.5) is 17.1 Å². The average molecular weight is 367 g/mol. The van der Waals surface area contributed by atoms with E-state index in [-0.39, 0.29) is 17.7 Å². The number of aryl methyl sites for hydroxylation is 1. The Kier molecular flexibility index (Phi) is 7.11. The first-order valence-corrected chi connectivity index (χ1v) is 8.98. The summed E-state index contributed by atoms with van der Waals surface area (Å²) in [5, 5.41) is 8.11. The minimum absolute atomic E-state index is 0.260. The summed E-state index contributed by atoms with van der Waals surface area (Å²) in [5.74, 6) is -0.844. The van der Waals surface area contributed by atoms with Crippen LogP contribution in [-0.4, -0.2) is 17.7 Å². The molecule has 2 aromatic rings. The maximum atomic E-state index is 12.6. The van der Waals surface area contributed by atoms with Gasteiger partial charge in [-0.1, -0.05) is 25.5 Å². The van der Waals surface area contributed by atoms with Crippen LogP contribution in [0.1, 0.15) is 49.5 Å². The minimum Gasteiger partial charge on any atom is -0.326 e. The molecule has 2 rings (SSSR count). The van der Waals surface area contributed by atoms with Crippen LogP contribution >= 0.6 is 0 Å². The quantitative estimate of drug-likeness (QED) is 0.685. The molecule has 6 heteroatoms. The fraction of sp³-hybridized carbons (Fsp3) is 0.286. The van der Waals surface area contributed by atoms with Crippen molar-refractivity contribution in [1.82, 2.24) is 0 Å². The molecule has 0 fully saturated rings. The third-order valence-corrected chi connectivity index (χ3v) is 3.87. The van der Waals surface area contributed by atoms with E-state index in [1.165, 1.54) is 19.4 Å². The molecule has 0 radical (unpaired) electrons. The van der Waals surface area contributed by atoms with Crippen molar-refractivity contribution in [3.8, 4) is 0 Å². The molecule has 0 spiro atoms. The summed E-state index contributed by atoms with van der Waals surface area (Å²) in [5.41, 5.74) is 3.13. The number of nitrogens with one attached hydrogen (secondary N) is 3. The van der Waals surface area contributed by atoms with Crippen molar-refractivity contribution < 1.29 is 14.4 Å². The average Bonchev–Trinajstić information content (AvgIpc) is 2.59. The molecule has 2 aromatic carbocycles. The van der Waals surface area contributed by atoms with Gasteiger partial charge in [0.15, 0.2) is 0 Å². The number of carbonyl (C=O) groups excluding carboxylic acids is 3. The van der Waals surface area contributed by atoms with Gasteiger partial charge < -0.3 is 16.0 Å². The molecule has 3 amide bonds. The van der Waals surface area contributed by atoms with E-state index < -0.39 is 0 Å². The Bertz CT molecular complexity index is 795. The lowest BCUT2D eigenvalue weighted by molar-refractivity contribution is -0.115. The van der Waals surface area contributed by atoms with Gasteiger partial charge in [-0.05, 0) is 48.7 Å². The molecule has 27 heavy (non-hydrogen) atoms. The van der Waals surface area contributed by atoms with Crippen molar-refractivity contribution in [1.29, 1.82) is 0 Å². The van der Waals surface area contributed by atoms with Gasteiger partial charge in [0.05, 0.1) is 0 Å². The second-order valence-corrected chi connectivity index (χ2v) is 6.42. The summed E-state index contributed by atoms with van der Waals surface area (Å²) in [6, 6.07) is 12.5. The predicted molar refractivity (Wildman–Crippen MR) is 108 cm³/mol.